The van der Waals surface area contributed by atoms with Gasteiger partial charge in [0.1, 0.15) is 23.9 Å². The molecule has 0 atom stereocenters. The molecule has 0 radical (unpaired) electrons. The lowest BCUT2D eigenvalue weighted by molar-refractivity contribution is 0.0958. The molecule has 8 nitrogen and oxygen atoms in total. The first-order valence-corrected chi connectivity index (χ1v) is 8.00. The highest BCUT2D eigenvalue weighted by atomic mass is 19.1. The summed E-state index contributed by atoms with van der Waals surface area (Å²) in [5.74, 6) is -0.350. The Hall–Kier alpha value is -3.62. The summed E-state index contributed by atoms with van der Waals surface area (Å²) in [6.45, 7) is 0.0787. The Labute approximate surface area is 153 Å². The van der Waals surface area contributed by atoms with E-state index < -0.39 is 11.8 Å². The number of nitrogens with zero attached hydrogens (tertiary/aromatic N) is 2. The Kier molecular flexibility index (Phi) is 5.20. The van der Waals surface area contributed by atoms with E-state index in [1.807, 2.05) is 0 Å². The van der Waals surface area contributed by atoms with E-state index in [0.717, 1.165) is 0 Å². The SMILES string of the molecule is CNC(=O)c1nn(C)cc1NC(=O)c1ccc(COc2ccc(F)cc2)o1. The van der Waals surface area contributed by atoms with E-state index in [0.29, 0.717) is 11.5 Å². The van der Waals surface area contributed by atoms with Gasteiger partial charge in [0.2, 0.25) is 0 Å². The average molecular weight is 372 g/mol. The average Bonchev–Trinajstić information content (AvgIpc) is 3.27. The summed E-state index contributed by atoms with van der Waals surface area (Å²) < 4.78 is 25.2. The van der Waals surface area contributed by atoms with Crippen molar-refractivity contribution >= 4 is 17.5 Å². The zero-order chi connectivity index (χ0) is 19.4. The molecule has 1 aromatic carbocycles. The van der Waals surface area contributed by atoms with E-state index >= 15 is 0 Å². The second-order valence-electron chi connectivity index (χ2n) is 5.61. The van der Waals surface area contributed by atoms with Gasteiger partial charge in [-0.25, -0.2) is 4.39 Å². The van der Waals surface area contributed by atoms with Crippen molar-refractivity contribution in [1.29, 1.82) is 0 Å². The van der Waals surface area contributed by atoms with Crippen LogP contribution in [0.1, 0.15) is 26.8 Å². The fourth-order valence-electron chi connectivity index (χ4n) is 2.31. The smallest absolute Gasteiger partial charge is 0.291 e. The molecule has 0 spiro atoms. The Balaban J connectivity index is 1.65. The Bertz CT molecular complexity index is 962. The molecule has 2 N–H and O–H groups in total. The number of furan rings is 1. The number of carbonyl (C=O) groups excluding carboxylic acids is 2. The predicted octanol–water partition coefficient (Wildman–Crippen LogP) is 2.34. The molecular weight excluding hydrogens is 355 g/mol. The van der Waals surface area contributed by atoms with Crippen LogP contribution in [0.2, 0.25) is 0 Å². The molecule has 140 valence electrons. The Morgan fingerprint density at radius 1 is 1.19 bits per heavy atom. The highest BCUT2D eigenvalue weighted by molar-refractivity contribution is 6.06. The van der Waals surface area contributed by atoms with Crippen molar-refractivity contribution in [3.63, 3.8) is 0 Å². The van der Waals surface area contributed by atoms with E-state index in [1.54, 1.807) is 13.1 Å². The van der Waals surface area contributed by atoms with Gasteiger partial charge < -0.3 is 19.8 Å². The van der Waals surface area contributed by atoms with Crippen molar-refractivity contribution in [2.45, 2.75) is 6.61 Å². The lowest BCUT2D eigenvalue weighted by Gasteiger charge is -2.04. The van der Waals surface area contributed by atoms with Gasteiger partial charge in [0.05, 0.1) is 5.69 Å². The van der Waals surface area contributed by atoms with Gasteiger partial charge in [0.15, 0.2) is 11.5 Å². The van der Waals surface area contributed by atoms with E-state index in [4.69, 9.17) is 9.15 Å². The third kappa shape index (κ3) is 4.32. The second kappa shape index (κ2) is 7.73. The maximum absolute atomic E-state index is 12.9. The van der Waals surface area contributed by atoms with Crippen molar-refractivity contribution < 1.29 is 23.1 Å². The monoisotopic (exact) mass is 372 g/mol. The van der Waals surface area contributed by atoms with Gasteiger partial charge in [0, 0.05) is 20.3 Å². The molecule has 0 aliphatic rings. The minimum absolute atomic E-state index is 0.0550. The summed E-state index contributed by atoms with van der Waals surface area (Å²) in [6.07, 6.45) is 1.52. The summed E-state index contributed by atoms with van der Waals surface area (Å²) in [5, 5.41) is 9.07. The molecule has 3 aromatic rings. The highest BCUT2D eigenvalue weighted by Crippen LogP contribution is 2.18. The standard InChI is InChI=1S/C18H17FN4O4/c1-20-18(25)16-14(9-23(2)22-16)21-17(24)15-8-7-13(27-15)10-26-12-5-3-11(19)4-6-12/h3-9H,10H2,1-2H3,(H,20,25)(H,21,24). The number of amides is 2. The van der Waals surface area contributed by atoms with Crippen LogP contribution >= 0.6 is 0 Å². The van der Waals surface area contributed by atoms with Crippen molar-refractivity contribution in [2.24, 2.45) is 7.05 Å². The molecule has 27 heavy (non-hydrogen) atoms. The van der Waals surface area contributed by atoms with Gasteiger partial charge in [-0.2, -0.15) is 5.10 Å². The minimum atomic E-state index is -0.527. The molecule has 0 saturated carbocycles. The maximum Gasteiger partial charge on any atom is 0.291 e. The number of halogens is 1. The van der Waals surface area contributed by atoms with E-state index in [9.17, 15) is 14.0 Å². The van der Waals surface area contributed by atoms with Crippen molar-refractivity contribution in [3.8, 4) is 5.75 Å². The molecule has 0 bridgehead atoms. The molecule has 0 aliphatic heterocycles. The van der Waals surface area contributed by atoms with Crippen LogP contribution in [-0.4, -0.2) is 28.6 Å². The number of rotatable bonds is 6. The molecular formula is C18H17FN4O4. The summed E-state index contributed by atoms with van der Waals surface area (Å²) in [5.41, 5.74) is 0.363. The molecule has 0 saturated heterocycles. The molecule has 2 aromatic heterocycles. The maximum atomic E-state index is 12.9. The van der Waals surface area contributed by atoms with E-state index in [-0.39, 0.29) is 29.6 Å². The molecule has 2 heterocycles. The number of nitrogens with one attached hydrogen (secondary N) is 2. The third-order valence-corrected chi connectivity index (χ3v) is 3.60. The molecule has 0 aliphatic carbocycles. The zero-order valence-corrected chi connectivity index (χ0v) is 14.7. The normalized spacial score (nSPS) is 10.5. The van der Waals surface area contributed by atoms with Crippen LogP contribution in [0.4, 0.5) is 10.1 Å². The molecule has 0 fully saturated rings. The van der Waals surface area contributed by atoms with Gasteiger partial charge in [-0.05, 0) is 36.4 Å². The first-order chi connectivity index (χ1) is 13.0. The zero-order valence-electron chi connectivity index (χ0n) is 14.7. The summed E-state index contributed by atoms with van der Waals surface area (Å²) in [7, 11) is 3.11. The fraction of sp³-hybridized carbons (Fsp3) is 0.167. The first-order valence-electron chi connectivity index (χ1n) is 8.00. The van der Waals surface area contributed by atoms with Crippen LogP contribution < -0.4 is 15.4 Å². The van der Waals surface area contributed by atoms with E-state index in [2.05, 4.69) is 15.7 Å². The lowest BCUT2D eigenvalue weighted by atomic mass is 10.3. The lowest BCUT2D eigenvalue weighted by Crippen LogP contribution is -2.21. The van der Waals surface area contributed by atoms with Gasteiger partial charge in [-0.1, -0.05) is 0 Å². The van der Waals surface area contributed by atoms with Crippen molar-refractivity contribution in [2.75, 3.05) is 12.4 Å². The third-order valence-electron chi connectivity index (χ3n) is 3.60. The van der Waals surface area contributed by atoms with Crippen LogP contribution in [0.3, 0.4) is 0 Å². The minimum Gasteiger partial charge on any atom is -0.486 e. The first kappa shape index (κ1) is 18.2. The summed E-state index contributed by atoms with van der Waals surface area (Å²) >= 11 is 0. The number of benzene rings is 1. The highest BCUT2D eigenvalue weighted by Gasteiger charge is 2.19. The van der Waals surface area contributed by atoms with Crippen LogP contribution in [0, 0.1) is 5.82 Å². The quantitative estimate of drug-likeness (QED) is 0.692. The van der Waals surface area contributed by atoms with Gasteiger partial charge >= 0.3 is 0 Å². The largest absolute Gasteiger partial charge is 0.486 e. The van der Waals surface area contributed by atoms with Crippen LogP contribution in [0.5, 0.6) is 5.75 Å². The molecule has 9 heteroatoms. The van der Waals surface area contributed by atoms with Crippen molar-refractivity contribution in [1.82, 2.24) is 15.1 Å². The summed E-state index contributed by atoms with van der Waals surface area (Å²) in [6, 6.07) is 8.65. The topological polar surface area (TPSA) is 98.4 Å². The number of ether oxygens (including phenoxy) is 1. The molecule has 3 rings (SSSR count). The molecule has 2 amide bonds. The van der Waals surface area contributed by atoms with E-state index in [1.165, 1.54) is 48.3 Å². The van der Waals surface area contributed by atoms with Crippen LogP contribution in [0.15, 0.2) is 47.0 Å². The van der Waals surface area contributed by atoms with Crippen LogP contribution in [0.25, 0.3) is 0 Å². The van der Waals surface area contributed by atoms with Gasteiger partial charge in [0.25, 0.3) is 11.8 Å². The number of carbonyl (C=O) groups is 2. The fourth-order valence-corrected chi connectivity index (χ4v) is 2.31. The number of hydrogen-bond acceptors (Lipinski definition) is 5. The number of anilines is 1. The number of aromatic nitrogens is 2. The van der Waals surface area contributed by atoms with Gasteiger partial charge in [-0.3, -0.25) is 14.3 Å². The summed E-state index contributed by atoms with van der Waals surface area (Å²) in [4.78, 5) is 24.2. The number of hydrogen-bond donors (Lipinski definition) is 2. The number of aryl methyl sites for hydroxylation is 1. The van der Waals surface area contributed by atoms with Gasteiger partial charge in [-0.15, -0.1) is 0 Å². The Morgan fingerprint density at radius 2 is 1.93 bits per heavy atom. The van der Waals surface area contributed by atoms with Crippen molar-refractivity contribution in [3.05, 3.63) is 65.6 Å². The predicted molar refractivity (Wildman–Crippen MR) is 94.0 cm³/mol. The second-order valence-corrected chi connectivity index (χ2v) is 5.61. The Morgan fingerprint density at radius 3 is 2.63 bits per heavy atom. The molecule has 0 unspecified atom stereocenters. The van der Waals surface area contributed by atoms with Crippen LogP contribution in [-0.2, 0) is 13.7 Å².